The van der Waals surface area contributed by atoms with Crippen LogP contribution in [-0.2, 0) is 4.74 Å². The zero-order valence-corrected chi connectivity index (χ0v) is 11.9. The van der Waals surface area contributed by atoms with E-state index in [0.29, 0.717) is 18.1 Å². The number of aryl methyl sites for hydroxylation is 1. The third-order valence-corrected chi connectivity index (χ3v) is 3.82. The number of carbonyl (C=O) groups is 1. The molecule has 0 aliphatic carbocycles. The standard InChI is InChI=1S/C14H22N2O3/c1-4-6-14(10-18-3)7-5-8-16(14)13(17)12-9-11(2)19-15-12/h9H,4-8,10H2,1-3H3/t14-/m0/s1. The van der Waals surface area contributed by atoms with Gasteiger partial charge in [-0.3, -0.25) is 4.79 Å². The molecule has 2 rings (SSSR count). The first-order chi connectivity index (χ1) is 9.13. The van der Waals surface area contributed by atoms with Crippen LogP contribution in [0, 0.1) is 6.92 Å². The Kier molecular flexibility index (Phi) is 4.24. The Morgan fingerprint density at radius 2 is 2.42 bits per heavy atom. The van der Waals surface area contributed by atoms with Crippen molar-refractivity contribution in [2.45, 2.75) is 45.1 Å². The molecule has 0 N–H and O–H groups in total. The SMILES string of the molecule is CCC[C@@]1(COC)CCCN1C(=O)c1cc(C)on1. The lowest BCUT2D eigenvalue weighted by atomic mass is 9.91. The Labute approximate surface area is 113 Å². The molecule has 1 atom stereocenters. The van der Waals surface area contributed by atoms with Gasteiger partial charge in [-0.15, -0.1) is 0 Å². The van der Waals surface area contributed by atoms with Gasteiger partial charge in [-0.25, -0.2) is 0 Å². The van der Waals surface area contributed by atoms with Crippen LogP contribution in [0.3, 0.4) is 0 Å². The van der Waals surface area contributed by atoms with Gasteiger partial charge in [-0.2, -0.15) is 0 Å². The molecule has 0 saturated carbocycles. The Hall–Kier alpha value is -1.36. The Morgan fingerprint density at radius 3 is 3.00 bits per heavy atom. The first-order valence-electron chi connectivity index (χ1n) is 6.87. The van der Waals surface area contributed by atoms with Crippen molar-refractivity contribution in [1.29, 1.82) is 0 Å². The van der Waals surface area contributed by atoms with Crippen LogP contribution >= 0.6 is 0 Å². The lowest BCUT2D eigenvalue weighted by molar-refractivity contribution is 0.0247. The number of nitrogens with zero attached hydrogens (tertiary/aromatic N) is 2. The van der Waals surface area contributed by atoms with Crippen molar-refractivity contribution in [2.75, 3.05) is 20.3 Å². The second-order valence-electron chi connectivity index (χ2n) is 5.29. The van der Waals surface area contributed by atoms with Gasteiger partial charge in [0.1, 0.15) is 5.76 Å². The zero-order chi connectivity index (χ0) is 13.9. The highest BCUT2D eigenvalue weighted by atomic mass is 16.5. The van der Waals surface area contributed by atoms with Gasteiger partial charge in [-0.1, -0.05) is 18.5 Å². The summed E-state index contributed by atoms with van der Waals surface area (Å²) in [5.41, 5.74) is 0.226. The summed E-state index contributed by atoms with van der Waals surface area (Å²) in [7, 11) is 1.69. The van der Waals surface area contributed by atoms with Crippen molar-refractivity contribution < 1.29 is 14.1 Å². The molecule has 1 fully saturated rings. The van der Waals surface area contributed by atoms with Crippen LogP contribution in [0.15, 0.2) is 10.6 Å². The van der Waals surface area contributed by atoms with Gasteiger partial charge >= 0.3 is 0 Å². The van der Waals surface area contributed by atoms with E-state index < -0.39 is 0 Å². The number of likely N-dealkylation sites (tertiary alicyclic amines) is 1. The van der Waals surface area contributed by atoms with Crippen LogP contribution in [0.2, 0.25) is 0 Å². The van der Waals surface area contributed by atoms with Crippen LogP contribution in [-0.4, -0.2) is 41.8 Å². The third-order valence-electron chi connectivity index (χ3n) is 3.82. The van der Waals surface area contributed by atoms with Crippen LogP contribution in [0.5, 0.6) is 0 Å². The Bertz CT molecular complexity index is 436. The van der Waals surface area contributed by atoms with Crippen molar-refractivity contribution >= 4 is 5.91 Å². The molecule has 106 valence electrons. The average molecular weight is 266 g/mol. The molecule has 0 aromatic carbocycles. The van der Waals surface area contributed by atoms with Crippen LogP contribution in [0.4, 0.5) is 0 Å². The van der Waals surface area contributed by atoms with Crippen molar-refractivity contribution in [3.05, 3.63) is 17.5 Å². The Balaban J connectivity index is 2.23. The van der Waals surface area contributed by atoms with Crippen molar-refractivity contribution in [2.24, 2.45) is 0 Å². The molecule has 1 saturated heterocycles. The van der Waals surface area contributed by atoms with Gasteiger partial charge in [0, 0.05) is 19.7 Å². The van der Waals surface area contributed by atoms with Crippen LogP contribution in [0.1, 0.15) is 48.9 Å². The lowest BCUT2D eigenvalue weighted by Crippen LogP contribution is -2.50. The summed E-state index contributed by atoms with van der Waals surface area (Å²) in [6.45, 7) is 5.29. The molecule has 1 aliphatic rings. The number of methoxy groups -OCH3 is 1. The predicted molar refractivity (Wildman–Crippen MR) is 71.0 cm³/mol. The van der Waals surface area contributed by atoms with E-state index in [0.717, 1.165) is 32.2 Å². The topological polar surface area (TPSA) is 55.6 Å². The molecule has 1 aliphatic heterocycles. The maximum atomic E-state index is 12.6. The number of rotatable bonds is 5. The fraction of sp³-hybridized carbons (Fsp3) is 0.714. The summed E-state index contributed by atoms with van der Waals surface area (Å²) in [5, 5.41) is 3.84. The maximum absolute atomic E-state index is 12.6. The molecule has 2 heterocycles. The van der Waals surface area contributed by atoms with E-state index in [-0.39, 0.29) is 11.4 Å². The van der Waals surface area contributed by atoms with E-state index in [2.05, 4.69) is 12.1 Å². The fourth-order valence-corrected chi connectivity index (χ4v) is 3.08. The average Bonchev–Trinajstić information content (AvgIpc) is 2.97. The minimum Gasteiger partial charge on any atom is -0.382 e. The molecule has 0 bridgehead atoms. The largest absolute Gasteiger partial charge is 0.382 e. The van der Waals surface area contributed by atoms with E-state index in [9.17, 15) is 4.79 Å². The highest BCUT2D eigenvalue weighted by Gasteiger charge is 2.43. The number of carbonyl (C=O) groups excluding carboxylic acids is 1. The summed E-state index contributed by atoms with van der Waals surface area (Å²) < 4.78 is 10.4. The first kappa shape index (κ1) is 14.1. The van der Waals surface area contributed by atoms with Crippen LogP contribution < -0.4 is 0 Å². The fourth-order valence-electron chi connectivity index (χ4n) is 3.08. The lowest BCUT2D eigenvalue weighted by Gasteiger charge is -2.37. The minimum absolute atomic E-state index is 0.0418. The number of hydrogen-bond acceptors (Lipinski definition) is 4. The van der Waals surface area contributed by atoms with E-state index in [1.54, 1.807) is 20.1 Å². The van der Waals surface area contributed by atoms with Crippen molar-refractivity contribution in [3.8, 4) is 0 Å². The third kappa shape index (κ3) is 2.66. The molecule has 0 spiro atoms. The molecule has 0 radical (unpaired) electrons. The summed E-state index contributed by atoms with van der Waals surface area (Å²) in [4.78, 5) is 14.5. The molecule has 0 unspecified atom stereocenters. The van der Waals surface area contributed by atoms with E-state index in [1.165, 1.54) is 0 Å². The van der Waals surface area contributed by atoms with E-state index >= 15 is 0 Å². The summed E-state index contributed by atoms with van der Waals surface area (Å²) in [6.07, 6.45) is 4.01. The molecule has 5 heteroatoms. The number of amides is 1. The van der Waals surface area contributed by atoms with Gasteiger partial charge in [-0.05, 0) is 26.2 Å². The summed E-state index contributed by atoms with van der Waals surface area (Å²) in [5.74, 6) is 0.621. The van der Waals surface area contributed by atoms with Gasteiger partial charge in [0.05, 0.1) is 12.1 Å². The minimum atomic E-state index is -0.173. The highest BCUT2D eigenvalue weighted by Crippen LogP contribution is 2.35. The predicted octanol–water partition coefficient (Wildman–Crippen LogP) is 2.40. The molecule has 1 amide bonds. The summed E-state index contributed by atoms with van der Waals surface area (Å²) in [6, 6.07) is 1.70. The second-order valence-corrected chi connectivity index (χ2v) is 5.29. The normalized spacial score (nSPS) is 23.0. The second kappa shape index (κ2) is 5.74. The van der Waals surface area contributed by atoms with Gasteiger partial charge in [0.15, 0.2) is 5.69 Å². The van der Waals surface area contributed by atoms with Crippen molar-refractivity contribution in [3.63, 3.8) is 0 Å². The molecule has 5 nitrogen and oxygen atoms in total. The van der Waals surface area contributed by atoms with E-state index in [1.807, 2.05) is 4.90 Å². The number of ether oxygens (including phenoxy) is 1. The summed E-state index contributed by atoms with van der Waals surface area (Å²) >= 11 is 0. The zero-order valence-electron chi connectivity index (χ0n) is 11.9. The smallest absolute Gasteiger partial charge is 0.276 e. The van der Waals surface area contributed by atoms with Gasteiger partial charge in [0.2, 0.25) is 0 Å². The number of hydrogen-bond donors (Lipinski definition) is 0. The van der Waals surface area contributed by atoms with Crippen molar-refractivity contribution in [1.82, 2.24) is 10.1 Å². The molecule has 19 heavy (non-hydrogen) atoms. The van der Waals surface area contributed by atoms with Gasteiger partial charge in [0.25, 0.3) is 5.91 Å². The molecular formula is C14H22N2O3. The highest BCUT2D eigenvalue weighted by molar-refractivity contribution is 5.93. The quantitative estimate of drug-likeness (QED) is 0.821. The molecular weight excluding hydrogens is 244 g/mol. The molecule has 1 aromatic heterocycles. The number of aromatic nitrogens is 1. The Morgan fingerprint density at radius 1 is 1.63 bits per heavy atom. The maximum Gasteiger partial charge on any atom is 0.276 e. The van der Waals surface area contributed by atoms with Gasteiger partial charge < -0.3 is 14.2 Å². The monoisotopic (exact) mass is 266 g/mol. The first-order valence-corrected chi connectivity index (χ1v) is 6.87. The molecule has 1 aromatic rings. The van der Waals surface area contributed by atoms with E-state index in [4.69, 9.17) is 9.26 Å². The van der Waals surface area contributed by atoms with Crippen LogP contribution in [0.25, 0.3) is 0 Å².